The Morgan fingerprint density at radius 1 is 1.18 bits per heavy atom. The summed E-state index contributed by atoms with van der Waals surface area (Å²) in [5.41, 5.74) is 4.14. The normalized spacial score (nSPS) is 11.3. The van der Waals surface area contributed by atoms with E-state index in [-0.39, 0.29) is 5.91 Å². The highest BCUT2D eigenvalue weighted by molar-refractivity contribution is 5.89. The Morgan fingerprint density at radius 2 is 2.00 bits per heavy atom. The lowest BCUT2D eigenvalue weighted by Gasteiger charge is -2.03. The van der Waals surface area contributed by atoms with Crippen LogP contribution in [0.5, 0.6) is 0 Å². The summed E-state index contributed by atoms with van der Waals surface area (Å²) in [5.74, 6) is 0.906. The van der Waals surface area contributed by atoms with E-state index in [0.717, 1.165) is 39.9 Å². The first-order valence-corrected chi connectivity index (χ1v) is 9.50. The monoisotopic (exact) mass is 376 g/mol. The van der Waals surface area contributed by atoms with Gasteiger partial charge in [0.05, 0.1) is 24.1 Å². The molecule has 2 N–H and O–H groups in total. The molecule has 6 nitrogen and oxygen atoms in total. The molecule has 2 aromatic heterocycles. The minimum Gasteiger partial charge on any atom is -0.383 e. The first kappa shape index (κ1) is 18.3. The van der Waals surface area contributed by atoms with Gasteiger partial charge in [0.1, 0.15) is 5.82 Å². The maximum absolute atomic E-state index is 12.5. The van der Waals surface area contributed by atoms with Crippen LogP contribution in [0.25, 0.3) is 21.9 Å². The van der Waals surface area contributed by atoms with Gasteiger partial charge in [-0.2, -0.15) is 0 Å². The van der Waals surface area contributed by atoms with E-state index >= 15 is 0 Å². The number of aromatic nitrogens is 3. The van der Waals surface area contributed by atoms with Gasteiger partial charge in [-0.25, -0.2) is 4.98 Å². The van der Waals surface area contributed by atoms with E-state index < -0.39 is 0 Å². The fourth-order valence-corrected chi connectivity index (χ4v) is 3.52. The van der Waals surface area contributed by atoms with E-state index in [1.807, 2.05) is 36.4 Å². The van der Waals surface area contributed by atoms with Crippen LogP contribution in [0.4, 0.5) is 0 Å². The molecule has 0 saturated heterocycles. The maximum Gasteiger partial charge on any atom is 0.224 e. The van der Waals surface area contributed by atoms with Gasteiger partial charge in [-0.15, -0.1) is 0 Å². The Hall–Kier alpha value is -3.12. The Kier molecular flexibility index (Phi) is 5.39. The van der Waals surface area contributed by atoms with Crippen molar-refractivity contribution < 1.29 is 9.53 Å². The van der Waals surface area contributed by atoms with Crippen LogP contribution >= 0.6 is 0 Å². The summed E-state index contributed by atoms with van der Waals surface area (Å²) < 4.78 is 7.34. The van der Waals surface area contributed by atoms with Crippen molar-refractivity contribution >= 4 is 27.8 Å². The Bertz CT molecular complexity index is 1060. The zero-order chi connectivity index (χ0) is 19.3. The smallest absolute Gasteiger partial charge is 0.224 e. The van der Waals surface area contributed by atoms with E-state index in [9.17, 15) is 4.79 Å². The van der Waals surface area contributed by atoms with Crippen LogP contribution in [-0.4, -0.2) is 40.7 Å². The maximum atomic E-state index is 12.5. The predicted molar refractivity (Wildman–Crippen MR) is 110 cm³/mol. The van der Waals surface area contributed by atoms with Crippen LogP contribution in [0.2, 0.25) is 0 Å². The average Bonchev–Trinajstić information content (AvgIpc) is 3.27. The quantitative estimate of drug-likeness (QED) is 0.496. The number of hydrogen-bond donors (Lipinski definition) is 2. The van der Waals surface area contributed by atoms with Gasteiger partial charge >= 0.3 is 0 Å². The first-order valence-electron chi connectivity index (χ1n) is 9.50. The standard InChI is InChI=1S/C22H24N4O2/c1-28-13-12-26-15-16(17-6-2-5-9-20(17)26)14-22(27)23-11-10-21-24-18-7-3-4-8-19(18)25-21/h2-9,15H,10-14H2,1H3,(H,23,27)(H,24,25). The third kappa shape index (κ3) is 3.92. The molecule has 0 bridgehead atoms. The lowest BCUT2D eigenvalue weighted by molar-refractivity contribution is -0.120. The number of methoxy groups -OCH3 is 1. The number of amides is 1. The number of carbonyl (C=O) groups excluding carboxylic acids is 1. The van der Waals surface area contributed by atoms with Crippen molar-refractivity contribution in [1.82, 2.24) is 19.9 Å². The minimum absolute atomic E-state index is 0.0192. The number of aromatic amines is 1. The van der Waals surface area contributed by atoms with Gasteiger partial charge < -0.3 is 19.6 Å². The zero-order valence-corrected chi connectivity index (χ0v) is 15.9. The molecule has 0 aliphatic carbocycles. The van der Waals surface area contributed by atoms with E-state index in [1.165, 1.54) is 0 Å². The lowest BCUT2D eigenvalue weighted by atomic mass is 10.1. The highest BCUT2D eigenvalue weighted by Gasteiger charge is 2.12. The van der Waals surface area contributed by atoms with Gasteiger partial charge in [-0.3, -0.25) is 4.79 Å². The molecule has 1 amide bonds. The van der Waals surface area contributed by atoms with Crippen LogP contribution in [0.3, 0.4) is 0 Å². The summed E-state index contributed by atoms with van der Waals surface area (Å²) in [6.07, 6.45) is 3.10. The third-order valence-corrected chi connectivity index (χ3v) is 4.88. The summed E-state index contributed by atoms with van der Waals surface area (Å²) in [6.45, 7) is 1.97. The van der Waals surface area contributed by atoms with Crippen LogP contribution in [0, 0.1) is 0 Å². The minimum atomic E-state index is 0.0192. The molecule has 2 heterocycles. The number of benzene rings is 2. The van der Waals surface area contributed by atoms with Crippen LogP contribution < -0.4 is 5.32 Å². The fraction of sp³-hybridized carbons (Fsp3) is 0.273. The van der Waals surface area contributed by atoms with Crippen molar-refractivity contribution in [2.45, 2.75) is 19.4 Å². The number of carbonyl (C=O) groups is 1. The molecule has 0 aliphatic rings. The summed E-state index contributed by atoms with van der Waals surface area (Å²) in [6, 6.07) is 16.1. The third-order valence-electron chi connectivity index (χ3n) is 4.88. The topological polar surface area (TPSA) is 71.9 Å². The molecule has 0 spiro atoms. The van der Waals surface area contributed by atoms with Gasteiger partial charge in [0, 0.05) is 43.7 Å². The predicted octanol–water partition coefficient (Wildman–Crippen LogP) is 3.07. The second kappa shape index (κ2) is 8.27. The molecule has 4 aromatic rings. The summed E-state index contributed by atoms with van der Waals surface area (Å²) >= 11 is 0. The Morgan fingerprint density at radius 3 is 2.86 bits per heavy atom. The molecule has 6 heteroatoms. The molecule has 0 atom stereocenters. The van der Waals surface area contributed by atoms with Crippen LogP contribution in [0.1, 0.15) is 11.4 Å². The van der Waals surface area contributed by atoms with Gasteiger partial charge in [0.15, 0.2) is 0 Å². The molecule has 0 unspecified atom stereocenters. The summed E-state index contributed by atoms with van der Waals surface area (Å²) in [7, 11) is 1.70. The van der Waals surface area contributed by atoms with Crippen molar-refractivity contribution in [3.05, 3.63) is 66.1 Å². The SMILES string of the molecule is COCCn1cc(CC(=O)NCCc2nc3ccccc3[nH]2)c2ccccc21. The number of imidazole rings is 1. The molecule has 4 rings (SSSR count). The number of H-pyrrole nitrogens is 1. The molecular weight excluding hydrogens is 352 g/mol. The van der Waals surface area contributed by atoms with E-state index in [0.29, 0.717) is 26.0 Å². The van der Waals surface area contributed by atoms with Crippen molar-refractivity contribution in [3.63, 3.8) is 0 Å². The number of nitrogens with one attached hydrogen (secondary N) is 2. The van der Waals surface area contributed by atoms with E-state index in [4.69, 9.17) is 4.74 Å². The second-order valence-electron chi connectivity index (χ2n) is 6.84. The molecule has 0 fully saturated rings. The molecule has 144 valence electrons. The van der Waals surface area contributed by atoms with Crippen LogP contribution in [0.15, 0.2) is 54.7 Å². The molecule has 0 aliphatic heterocycles. The number of rotatable bonds is 8. The zero-order valence-electron chi connectivity index (χ0n) is 15.9. The molecule has 0 radical (unpaired) electrons. The van der Waals surface area contributed by atoms with Crippen molar-refractivity contribution in [2.75, 3.05) is 20.3 Å². The molecule has 2 aromatic carbocycles. The first-order chi connectivity index (χ1) is 13.7. The largest absolute Gasteiger partial charge is 0.383 e. The summed E-state index contributed by atoms with van der Waals surface area (Å²) in [4.78, 5) is 20.3. The fourth-order valence-electron chi connectivity index (χ4n) is 3.52. The lowest BCUT2D eigenvalue weighted by Crippen LogP contribution is -2.27. The number of ether oxygens (including phenoxy) is 1. The highest BCUT2D eigenvalue weighted by Crippen LogP contribution is 2.21. The van der Waals surface area contributed by atoms with Crippen molar-refractivity contribution in [3.8, 4) is 0 Å². The molecule has 28 heavy (non-hydrogen) atoms. The molecule has 0 saturated carbocycles. The van der Waals surface area contributed by atoms with Gasteiger partial charge in [-0.05, 0) is 23.8 Å². The average molecular weight is 376 g/mol. The second-order valence-corrected chi connectivity index (χ2v) is 6.84. The van der Waals surface area contributed by atoms with Gasteiger partial charge in [0.25, 0.3) is 0 Å². The number of para-hydroxylation sites is 3. The Labute approximate surface area is 163 Å². The van der Waals surface area contributed by atoms with Gasteiger partial charge in [0.2, 0.25) is 5.91 Å². The van der Waals surface area contributed by atoms with Crippen LogP contribution in [-0.2, 0) is 28.9 Å². The van der Waals surface area contributed by atoms with E-state index in [2.05, 4.69) is 38.2 Å². The number of nitrogens with zero attached hydrogens (tertiary/aromatic N) is 2. The van der Waals surface area contributed by atoms with Crippen molar-refractivity contribution in [1.29, 1.82) is 0 Å². The van der Waals surface area contributed by atoms with E-state index in [1.54, 1.807) is 7.11 Å². The van der Waals surface area contributed by atoms with Crippen molar-refractivity contribution in [2.24, 2.45) is 0 Å². The molecular formula is C22H24N4O2. The summed E-state index contributed by atoms with van der Waals surface area (Å²) in [5, 5.41) is 4.12. The number of hydrogen-bond acceptors (Lipinski definition) is 3. The Balaban J connectivity index is 1.38. The number of fused-ring (bicyclic) bond motifs is 2. The highest BCUT2D eigenvalue weighted by atomic mass is 16.5. The van der Waals surface area contributed by atoms with Gasteiger partial charge in [-0.1, -0.05) is 30.3 Å².